The molecule has 1 aromatic carbocycles. The highest BCUT2D eigenvalue weighted by molar-refractivity contribution is 6.23. The maximum atomic E-state index is 12.9. The second-order valence-electron chi connectivity index (χ2n) is 7.38. The van der Waals surface area contributed by atoms with Crippen molar-refractivity contribution in [1.82, 2.24) is 0 Å². The van der Waals surface area contributed by atoms with Crippen LogP contribution in [0.4, 0.5) is 0 Å². The second kappa shape index (κ2) is 7.67. The summed E-state index contributed by atoms with van der Waals surface area (Å²) in [7, 11) is 0. The van der Waals surface area contributed by atoms with Crippen LogP contribution in [0.25, 0.3) is 5.57 Å². The van der Waals surface area contributed by atoms with Gasteiger partial charge in [0.05, 0.1) is 13.2 Å². The van der Waals surface area contributed by atoms with Crippen LogP contribution in [0.1, 0.15) is 45.6 Å². The molecule has 0 heterocycles. The lowest BCUT2D eigenvalue weighted by atomic mass is 9.75. The first-order valence-electron chi connectivity index (χ1n) is 9.60. The van der Waals surface area contributed by atoms with Crippen molar-refractivity contribution in [1.29, 1.82) is 0 Å². The number of esters is 2. The average Bonchev–Trinajstić information content (AvgIpc) is 3.05. The molecule has 0 saturated heterocycles. The quantitative estimate of drug-likeness (QED) is 0.585. The van der Waals surface area contributed by atoms with Gasteiger partial charge in [-0.05, 0) is 44.1 Å². The molecule has 5 heteroatoms. The topological polar surface area (TPSA) is 69.7 Å². The van der Waals surface area contributed by atoms with Crippen molar-refractivity contribution in [3.63, 3.8) is 0 Å². The minimum absolute atomic E-state index is 0.00767. The van der Waals surface area contributed by atoms with E-state index in [-0.39, 0.29) is 37.3 Å². The minimum Gasteiger partial charge on any atom is -0.465 e. The Bertz CT molecular complexity index is 759. The molecule has 1 fully saturated rings. The van der Waals surface area contributed by atoms with Crippen LogP contribution in [-0.2, 0) is 23.9 Å². The Labute approximate surface area is 159 Å². The van der Waals surface area contributed by atoms with E-state index in [1.807, 2.05) is 37.3 Å². The summed E-state index contributed by atoms with van der Waals surface area (Å²) in [6.45, 7) is 5.85. The Morgan fingerprint density at radius 3 is 2.22 bits per heavy atom. The highest BCUT2D eigenvalue weighted by atomic mass is 16.6. The zero-order valence-electron chi connectivity index (χ0n) is 16.1. The summed E-state index contributed by atoms with van der Waals surface area (Å²) < 4.78 is 10.5. The number of hydrogen-bond donors (Lipinski definition) is 0. The van der Waals surface area contributed by atoms with Crippen molar-refractivity contribution >= 4 is 23.3 Å². The molecule has 0 radical (unpaired) electrons. The number of carbonyl (C=O) groups is 3. The lowest BCUT2D eigenvalue weighted by Gasteiger charge is -2.28. The van der Waals surface area contributed by atoms with E-state index in [4.69, 9.17) is 9.47 Å². The maximum absolute atomic E-state index is 12.9. The number of ketones is 1. The van der Waals surface area contributed by atoms with Crippen LogP contribution < -0.4 is 0 Å². The van der Waals surface area contributed by atoms with Gasteiger partial charge >= 0.3 is 11.9 Å². The molecule has 0 amide bonds. The molecule has 5 nitrogen and oxygen atoms in total. The highest BCUT2D eigenvalue weighted by Crippen LogP contribution is 2.55. The van der Waals surface area contributed by atoms with E-state index < -0.39 is 17.4 Å². The van der Waals surface area contributed by atoms with Crippen molar-refractivity contribution in [2.24, 2.45) is 17.3 Å². The summed E-state index contributed by atoms with van der Waals surface area (Å²) in [4.78, 5) is 38.5. The van der Waals surface area contributed by atoms with Gasteiger partial charge in [0, 0.05) is 12.0 Å². The molecular weight excluding hydrogens is 344 g/mol. The summed E-state index contributed by atoms with van der Waals surface area (Å²) in [5, 5.41) is 0. The molecule has 0 aliphatic heterocycles. The average molecular weight is 370 g/mol. The fraction of sp³-hybridized carbons (Fsp3) is 0.500. The molecular formula is C22H26O5. The molecule has 0 spiro atoms. The highest BCUT2D eigenvalue weighted by Gasteiger charge is 2.58. The molecule has 144 valence electrons. The lowest BCUT2D eigenvalue weighted by Crippen LogP contribution is -2.40. The fourth-order valence-electron chi connectivity index (χ4n) is 4.45. The van der Waals surface area contributed by atoms with Crippen molar-refractivity contribution < 1.29 is 23.9 Å². The fourth-order valence-corrected chi connectivity index (χ4v) is 4.45. The molecule has 2 aliphatic rings. The van der Waals surface area contributed by atoms with Crippen LogP contribution in [0.2, 0.25) is 0 Å². The van der Waals surface area contributed by atoms with Gasteiger partial charge in [-0.15, -0.1) is 0 Å². The van der Waals surface area contributed by atoms with Gasteiger partial charge in [0.25, 0.3) is 0 Å². The van der Waals surface area contributed by atoms with Gasteiger partial charge in [0.15, 0.2) is 11.2 Å². The van der Waals surface area contributed by atoms with Crippen LogP contribution in [0.5, 0.6) is 0 Å². The van der Waals surface area contributed by atoms with Crippen LogP contribution in [0.3, 0.4) is 0 Å². The summed E-state index contributed by atoms with van der Waals surface area (Å²) in [6, 6.07) is 9.49. The van der Waals surface area contributed by atoms with Gasteiger partial charge in [0.2, 0.25) is 0 Å². The Morgan fingerprint density at radius 2 is 1.67 bits per heavy atom. The molecule has 27 heavy (non-hydrogen) atoms. The van der Waals surface area contributed by atoms with Gasteiger partial charge in [-0.3, -0.25) is 14.4 Å². The number of allylic oxidation sites excluding steroid dienone is 2. The Balaban J connectivity index is 2.12. The maximum Gasteiger partial charge on any atom is 0.323 e. The predicted molar refractivity (Wildman–Crippen MR) is 101 cm³/mol. The summed E-state index contributed by atoms with van der Waals surface area (Å²) in [6.07, 6.45) is 0.945. The van der Waals surface area contributed by atoms with Crippen LogP contribution in [0, 0.1) is 17.3 Å². The largest absolute Gasteiger partial charge is 0.465 e. The molecule has 0 unspecified atom stereocenters. The molecule has 3 rings (SSSR count). The van der Waals surface area contributed by atoms with Crippen molar-refractivity contribution in [3.8, 4) is 0 Å². The summed E-state index contributed by atoms with van der Waals surface area (Å²) in [5.41, 5.74) is 1.04. The second-order valence-corrected chi connectivity index (χ2v) is 7.38. The van der Waals surface area contributed by atoms with E-state index in [9.17, 15) is 14.4 Å². The minimum atomic E-state index is -1.36. The third-order valence-corrected chi connectivity index (χ3v) is 5.70. The Kier molecular flexibility index (Phi) is 5.49. The predicted octanol–water partition coefficient (Wildman–Crippen LogP) is 3.57. The third kappa shape index (κ3) is 3.31. The zero-order chi connectivity index (χ0) is 19.6. The van der Waals surface area contributed by atoms with E-state index >= 15 is 0 Å². The number of fused-ring (bicyclic) bond motifs is 1. The van der Waals surface area contributed by atoms with Crippen molar-refractivity contribution in [2.45, 2.75) is 40.0 Å². The lowest BCUT2D eigenvalue weighted by molar-refractivity contribution is -0.171. The number of hydrogen-bond acceptors (Lipinski definition) is 5. The van der Waals surface area contributed by atoms with Gasteiger partial charge < -0.3 is 9.47 Å². The molecule has 1 aromatic rings. The van der Waals surface area contributed by atoms with Crippen LogP contribution in [-0.4, -0.2) is 30.9 Å². The first-order chi connectivity index (χ1) is 12.9. The molecule has 0 bridgehead atoms. The third-order valence-electron chi connectivity index (χ3n) is 5.70. The van der Waals surface area contributed by atoms with E-state index in [0.29, 0.717) is 18.4 Å². The van der Waals surface area contributed by atoms with Gasteiger partial charge in [0.1, 0.15) is 0 Å². The number of ether oxygens (including phenoxy) is 2. The number of benzene rings is 1. The van der Waals surface area contributed by atoms with Gasteiger partial charge in [-0.25, -0.2) is 0 Å². The number of rotatable bonds is 5. The molecule has 0 aromatic heterocycles. The number of Topliss-reactive ketones (excluding diaryl/α,β-unsaturated/α-hetero) is 1. The molecule has 2 aliphatic carbocycles. The van der Waals surface area contributed by atoms with E-state index in [1.165, 1.54) is 0 Å². The zero-order valence-corrected chi connectivity index (χ0v) is 16.1. The van der Waals surface area contributed by atoms with Gasteiger partial charge in [-0.1, -0.05) is 42.8 Å². The van der Waals surface area contributed by atoms with E-state index in [2.05, 4.69) is 0 Å². The standard InChI is InChI=1S/C22H26O5/c1-4-26-20(24)22(21(25)27-5-2)12-16-14(3)11-18(23)19(17(16)13-22)15-9-7-6-8-10-15/h6-10,14,16H,4-5,11-13H2,1-3H3/t14-,16+/m1/s1. The summed E-state index contributed by atoms with van der Waals surface area (Å²) in [5.74, 6) is -0.948. The molecule has 1 saturated carbocycles. The van der Waals surface area contributed by atoms with Gasteiger partial charge in [-0.2, -0.15) is 0 Å². The Hall–Kier alpha value is -2.43. The first-order valence-corrected chi connectivity index (χ1v) is 9.60. The first kappa shape index (κ1) is 19.3. The van der Waals surface area contributed by atoms with E-state index in [1.54, 1.807) is 13.8 Å². The van der Waals surface area contributed by atoms with E-state index in [0.717, 1.165) is 11.1 Å². The molecule has 0 N–H and O–H groups in total. The van der Waals surface area contributed by atoms with Crippen LogP contribution >= 0.6 is 0 Å². The number of carbonyl (C=O) groups excluding carboxylic acids is 3. The summed E-state index contributed by atoms with van der Waals surface area (Å²) >= 11 is 0. The Morgan fingerprint density at radius 1 is 1.07 bits per heavy atom. The normalized spacial score (nSPS) is 23.7. The van der Waals surface area contributed by atoms with Crippen molar-refractivity contribution in [2.75, 3.05) is 13.2 Å². The van der Waals surface area contributed by atoms with Crippen LogP contribution in [0.15, 0.2) is 35.9 Å². The van der Waals surface area contributed by atoms with Crippen molar-refractivity contribution in [3.05, 3.63) is 41.5 Å². The SMILES string of the molecule is CCOC(=O)C1(C(=O)OCC)CC2=C(c3ccccc3)C(=O)C[C@@H](C)[C@@H]2C1. The smallest absolute Gasteiger partial charge is 0.323 e. The monoisotopic (exact) mass is 370 g/mol. The molecule has 2 atom stereocenters.